The predicted octanol–water partition coefficient (Wildman–Crippen LogP) is 2.41. The summed E-state index contributed by atoms with van der Waals surface area (Å²) < 4.78 is 18.8. The maximum Gasteiger partial charge on any atom is 0.235 e. The third-order valence-electron chi connectivity index (χ3n) is 5.22. The summed E-state index contributed by atoms with van der Waals surface area (Å²) in [6.45, 7) is -0.0787. The van der Waals surface area contributed by atoms with Crippen LogP contribution in [0.2, 0.25) is 0 Å². The molecular weight excluding hydrogens is 325 g/mol. The topological polar surface area (TPSA) is 66.8 Å². The molecule has 5 nitrogen and oxygen atoms in total. The molecule has 1 spiro atoms. The van der Waals surface area contributed by atoms with E-state index >= 15 is 0 Å². The standard InChI is InChI=1S/C19H24FNO4/c20-16-7-3-2-6-14(16)12-25-13-15(22)11-21-17(23)10-19(18(21)24)8-4-1-5-9-19/h2-3,6-7,15,22H,1,4-5,8-13H2/t15-/m1/s1. The number of hydrogen-bond donors (Lipinski definition) is 1. The second kappa shape index (κ2) is 7.62. The maximum absolute atomic E-state index is 13.5. The van der Waals surface area contributed by atoms with Gasteiger partial charge < -0.3 is 9.84 Å². The van der Waals surface area contributed by atoms with Crippen molar-refractivity contribution in [3.05, 3.63) is 35.6 Å². The normalized spacial score (nSPS) is 21.1. The van der Waals surface area contributed by atoms with E-state index in [4.69, 9.17) is 4.74 Å². The van der Waals surface area contributed by atoms with E-state index in [1.807, 2.05) is 0 Å². The summed E-state index contributed by atoms with van der Waals surface area (Å²) in [6, 6.07) is 6.27. The second-order valence-corrected chi connectivity index (χ2v) is 7.09. The van der Waals surface area contributed by atoms with Crippen LogP contribution in [0.1, 0.15) is 44.1 Å². The van der Waals surface area contributed by atoms with Gasteiger partial charge in [0.15, 0.2) is 0 Å². The molecular formula is C19H24FNO4. The summed E-state index contributed by atoms with van der Waals surface area (Å²) in [5, 5.41) is 10.1. The summed E-state index contributed by atoms with van der Waals surface area (Å²) in [6.07, 6.45) is 3.85. The Balaban J connectivity index is 1.51. The molecule has 2 aliphatic rings. The number of amides is 2. The minimum Gasteiger partial charge on any atom is -0.389 e. The molecule has 2 fully saturated rings. The quantitative estimate of drug-likeness (QED) is 0.801. The van der Waals surface area contributed by atoms with Gasteiger partial charge >= 0.3 is 0 Å². The van der Waals surface area contributed by atoms with Gasteiger partial charge in [0.2, 0.25) is 11.8 Å². The van der Waals surface area contributed by atoms with Crippen molar-refractivity contribution in [1.82, 2.24) is 4.90 Å². The number of likely N-dealkylation sites (tertiary alicyclic amines) is 1. The zero-order valence-electron chi connectivity index (χ0n) is 14.2. The number of rotatable bonds is 6. The average Bonchev–Trinajstić information content (AvgIpc) is 2.81. The number of nitrogens with zero attached hydrogens (tertiary/aromatic N) is 1. The summed E-state index contributed by atoms with van der Waals surface area (Å²) in [5.41, 5.74) is -0.132. The highest BCUT2D eigenvalue weighted by Crippen LogP contribution is 2.45. The molecule has 25 heavy (non-hydrogen) atoms. The van der Waals surface area contributed by atoms with Gasteiger partial charge in [-0.15, -0.1) is 0 Å². The Morgan fingerprint density at radius 1 is 1.20 bits per heavy atom. The fourth-order valence-corrected chi connectivity index (χ4v) is 3.85. The van der Waals surface area contributed by atoms with E-state index in [1.54, 1.807) is 18.2 Å². The first-order chi connectivity index (χ1) is 12.0. The number of ether oxygens (including phenoxy) is 1. The lowest BCUT2D eigenvalue weighted by Gasteiger charge is -2.30. The van der Waals surface area contributed by atoms with Crippen LogP contribution in [-0.4, -0.2) is 41.1 Å². The molecule has 0 aromatic heterocycles. The number of β-amino-alcohol motifs (C(OH)–C–C–N with tert-alkyl or cyclic N) is 1. The molecule has 1 aromatic rings. The van der Waals surface area contributed by atoms with Crippen molar-refractivity contribution in [1.29, 1.82) is 0 Å². The third kappa shape index (κ3) is 3.90. The lowest BCUT2D eigenvalue weighted by Crippen LogP contribution is -2.42. The highest BCUT2D eigenvalue weighted by Gasteiger charge is 2.51. The van der Waals surface area contributed by atoms with Gasteiger partial charge in [-0.05, 0) is 18.9 Å². The van der Waals surface area contributed by atoms with E-state index < -0.39 is 11.5 Å². The van der Waals surface area contributed by atoms with Crippen molar-refractivity contribution in [2.45, 2.75) is 51.2 Å². The molecule has 1 saturated carbocycles. The SMILES string of the molecule is O=C1CC2(CCCCC2)C(=O)N1C[C@@H](O)COCc1ccccc1F. The molecule has 3 rings (SSSR count). The molecule has 1 aliphatic heterocycles. The van der Waals surface area contributed by atoms with Gasteiger partial charge in [0.25, 0.3) is 0 Å². The molecule has 136 valence electrons. The zero-order chi connectivity index (χ0) is 17.9. The Hall–Kier alpha value is -1.79. The van der Waals surface area contributed by atoms with Crippen LogP contribution in [0.25, 0.3) is 0 Å². The van der Waals surface area contributed by atoms with Crippen LogP contribution in [0.5, 0.6) is 0 Å². The maximum atomic E-state index is 13.5. The highest BCUT2D eigenvalue weighted by atomic mass is 19.1. The largest absolute Gasteiger partial charge is 0.389 e. The molecule has 1 heterocycles. The number of carbonyl (C=O) groups is 2. The van der Waals surface area contributed by atoms with Crippen molar-refractivity contribution in [3.63, 3.8) is 0 Å². The number of halogens is 1. The molecule has 1 aromatic carbocycles. The van der Waals surface area contributed by atoms with Crippen LogP contribution in [0.15, 0.2) is 24.3 Å². The van der Waals surface area contributed by atoms with Crippen LogP contribution in [0.4, 0.5) is 4.39 Å². The van der Waals surface area contributed by atoms with Crippen LogP contribution in [0.3, 0.4) is 0 Å². The van der Waals surface area contributed by atoms with E-state index in [0.717, 1.165) is 32.1 Å². The molecule has 0 bridgehead atoms. The fraction of sp³-hybridized carbons (Fsp3) is 0.579. The van der Waals surface area contributed by atoms with Gasteiger partial charge in [-0.2, -0.15) is 0 Å². The van der Waals surface area contributed by atoms with Crippen molar-refractivity contribution in [2.75, 3.05) is 13.2 Å². The van der Waals surface area contributed by atoms with Crippen molar-refractivity contribution in [3.8, 4) is 0 Å². The number of hydrogen-bond acceptors (Lipinski definition) is 4. The lowest BCUT2D eigenvalue weighted by molar-refractivity contribution is -0.144. The van der Waals surface area contributed by atoms with Gasteiger partial charge in [0.05, 0.1) is 31.3 Å². The Kier molecular flexibility index (Phi) is 5.49. The van der Waals surface area contributed by atoms with E-state index in [-0.39, 0.29) is 43.8 Å². The summed E-state index contributed by atoms with van der Waals surface area (Å²) in [4.78, 5) is 26.1. The van der Waals surface area contributed by atoms with Crippen molar-refractivity contribution < 1.29 is 23.8 Å². The minimum atomic E-state index is -0.974. The fourth-order valence-electron chi connectivity index (χ4n) is 3.85. The van der Waals surface area contributed by atoms with E-state index in [1.165, 1.54) is 11.0 Å². The van der Waals surface area contributed by atoms with Gasteiger partial charge in [-0.3, -0.25) is 14.5 Å². The first kappa shape index (κ1) is 18.0. The summed E-state index contributed by atoms with van der Waals surface area (Å²) in [5.74, 6) is -0.716. The molecule has 0 radical (unpaired) electrons. The van der Waals surface area contributed by atoms with E-state index in [0.29, 0.717) is 5.56 Å². The first-order valence-electron chi connectivity index (χ1n) is 8.86. The molecule has 6 heteroatoms. The smallest absolute Gasteiger partial charge is 0.235 e. The Labute approximate surface area is 146 Å². The summed E-state index contributed by atoms with van der Waals surface area (Å²) in [7, 11) is 0. The van der Waals surface area contributed by atoms with E-state index in [2.05, 4.69) is 0 Å². The first-order valence-corrected chi connectivity index (χ1v) is 8.86. The monoisotopic (exact) mass is 349 g/mol. The Bertz CT molecular complexity index is 642. The summed E-state index contributed by atoms with van der Waals surface area (Å²) >= 11 is 0. The van der Waals surface area contributed by atoms with Gasteiger partial charge in [-0.25, -0.2) is 4.39 Å². The van der Waals surface area contributed by atoms with Crippen LogP contribution >= 0.6 is 0 Å². The Morgan fingerprint density at radius 2 is 1.92 bits per heavy atom. The Morgan fingerprint density at radius 3 is 2.64 bits per heavy atom. The van der Waals surface area contributed by atoms with Crippen LogP contribution < -0.4 is 0 Å². The molecule has 2 amide bonds. The van der Waals surface area contributed by atoms with E-state index in [9.17, 15) is 19.1 Å². The van der Waals surface area contributed by atoms with Gasteiger partial charge in [0.1, 0.15) is 5.82 Å². The number of imide groups is 1. The highest BCUT2D eigenvalue weighted by molar-refractivity contribution is 6.05. The van der Waals surface area contributed by atoms with Crippen LogP contribution in [-0.2, 0) is 20.9 Å². The second-order valence-electron chi connectivity index (χ2n) is 7.09. The minimum absolute atomic E-state index is 0.0373. The van der Waals surface area contributed by atoms with Crippen molar-refractivity contribution >= 4 is 11.8 Å². The predicted molar refractivity (Wildman–Crippen MR) is 88.9 cm³/mol. The number of carbonyl (C=O) groups excluding carboxylic acids is 2. The zero-order valence-corrected chi connectivity index (χ0v) is 14.2. The molecule has 1 aliphatic carbocycles. The lowest BCUT2D eigenvalue weighted by atomic mass is 9.73. The average molecular weight is 349 g/mol. The van der Waals surface area contributed by atoms with Gasteiger partial charge in [-0.1, -0.05) is 37.5 Å². The van der Waals surface area contributed by atoms with Gasteiger partial charge in [0, 0.05) is 12.0 Å². The number of benzene rings is 1. The number of aliphatic hydroxyl groups excluding tert-OH is 1. The molecule has 1 atom stereocenters. The number of aliphatic hydroxyl groups is 1. The molecule has 0 unspecified atom stereocenters. The van der Waals surface area contributed by atoms with Crippen LogP contribution in [0, 0.1) is 11.2 Å². The molecule has 1 saturated heterocycles. The molecule has 1 N–H and O–H groups in total. The van der Waals surface area contributed by atoms with Crippen molar-refractivity contribution in [2.24, 2.45) is 5.41 Å². The third-order valence-corrected chi connectivity index (χ3v) is 5.22.